The lowest BCUT2D eigenvalue weighted by molar-refractivity contribution is -0.141. The second kappa shape index (κ2) is 28.9. The highest BCUT2D eigenvalue weighted by atomic mass is 35.5. The van der Waals surface area contributed by atoms with Crippen LogP contribution in [0.25, 0.3) is 21.5 Å². The Hall–Kier alpha value is -5.65. The highest BCUT2D eigenvalue weighted by Gasteiger charge is 2.23. The van der Waals surface area contributed by atoms with Gasteiger partial charge in [-0.15, -0.1) is 0 Å². The average Bonchev–Trinajstić information content (AvgIpc) is 3.27. The van der Waals surface area contributed by atoms with Crippen LogP contribution in [0.5, 0.6) is 0 Å². The Morgan fingerprint density at radius 3 is 1.70 bits per heavy atom. The van der Waals surface area contributed by atoms with E-state index in [4.69, 9.17) is 21.1 Å². The fraction of sp³-hybridized carbons (Fsp3) is 0.370. The Labute approximate surface area is 391 Å². The van der Waals surface area contributed by atoms with Gasteiger partial charge in [-0.25, -0.2) is 23.9 Å². The Bertz CT molecular complexity index is 2290. The molecule has 0 radical (unpaired) electrons. The van der Waals surface area contributed by atoms with Gasteiger partial charge < -0.3 is 23.8 Å². The molecule has 2 N–H and O–H groups in total. The van der Waals surface area contributed by atoms with E-state index in [0.29, 0.717) is 49.5 Å². The SMILES string of the molecule is CC[C@@H](CCCC(=O)OC)COC(=O)Nc1cc2ccccc2cn1.COC(=O)CCC[C@@H](COC(=O)Nc1cc2ccccc2cn1)N(C)C(=O)CCc1ccc(F)cc1Cl.S.S. The van der Waals surface area contributed by atoms with Crippen molar-refractivity contribution in [2.45, 2.75) is 70.8 Å². The normalized spacial score (nSPS) is 11.3. The Morgan fingerprint density at radius 2 is 1.20 bits per heavy atom. The van der Waals surface area contributed by atoms with E-state index in [1.807, 2.05) is 61.5 Å². The largest absolute Gasteiger partial charge is 0.469 e. The zero-order chi connectivity index (χ0) is 44.9. The van der Waals surface area contributed by atoms with Crippen molar-refractivity contribution in [3.63, 3.8) is 0 Å². The van der Waals surface area contributed by atoms with E-state index in [-0.39, 0.29) is 75.2 Å². The predicted octanol–water partition coefficient (Wildman–Crippen LogP) is 9.76. The van der Waals surface area contributed by atoms with Gasteiger partial charge >= 0.3 is 24.1 Å². The summed E-state index contributed by atoms with van der Waals surface area (Å²) in [6.45, 7) is 2.27. The van der Waals surface area contributed by atoms with Crippen LogP contribution >= 0.6 is 38.6 Å². The number of hydrogen-bond donors (Lipinski definition) is 2. The monoisotopic (exact) mass is 941 g/mol. The van der Waals surface area contributed by atoms with Crippen LogP contribution in [0.3, 0.4) is 0 Å². The minimum absolute atomic E-state index is 0. The minimum atomic E-state index is -0.709. The van der Waals surface area contributed by atoms with Gasteiger partial charge in [-0.3, -0.25) is 25.0 Å². The molecule has 18 heteroatoms. The standard InChI is InChI=1S/C27H29ClFN3O5.C19H24N2O4.2H2S/c1-32(25(33)13-11-18-10-12-21(29)15-23(18)28)22(8-5-9-26(34)36-2)17-37-27(35)31-24-14-19-6-3-4-7-20(19)16-30-24;1-3-14(7-6-10-18(22)24-2)13-25-19(23)21-17-11-15-8-4-5-9-16(15)12-20-17;;/h3-4,6-7,10,12,14-16,22H,5,8-9,11,13,17H2,1-2H3,(H,30,31,35);4-5,8-9,11-12,14H,3,6-7,10,13H2,1-2H3,(H,20,21,23);2*1H2/t22-;14-;;/m00../s1. The minimum Gasteiger partial charge on any atom is -0.469 e. The molecule has 346 valence electrons. The molecule has 0 aliphatic heterocycles. The summed E-state index contributed by atoms with van der Waals surface area (Å²) in [6.07, 6.45) is 6.42. The van der Waals surface area contributed by atoms with E-state index < -0.39 is 24.0 Å². The Morgan fingerprint density at radius 1 is 0.703 bits per heavy atom. The number of anilines is 2. The molecule has 5 rings (SSSR count). The van der Waals surface area contributed by atoms with Crippen LogP contribution in [0.1, 0.15) is 63.9 Å². The third kappa shape index (κ3) is 18.6. The quantitative estimate of drug-likeness (QED) is 0.0596. The van der Waals surface area contributed by atoms with Crippen molar-refractivity contribution in [2.75, 3.05) is 45.1 Å². The fourth-order valence-electron chi connectivity index (χ4n) is 6.31. The number of halogens is 2. The summed E-state index contributed by atoms with van der Waals surface area (Å²) in [5.41, 5.74) is 0.658. The lowest BCUT2D eigenvalue weighted by Crippen LogP contribution is -2.41. The highest BCUT2D eigenvalue weighted by Crippen LogP contribution is 2.21. The van der Waals surface area contributed by atoms with Crippen LogP contribution in [-0.4, -0.2) is 85.4 Å². The topological polar surface area (TPSA) is 175 Å². The maximum Gasteiger partial charge on any atom is 0.412 e. The van der Waals surface area contributed by atoms with Gasteiger partial charge in [-0.1, -0.05) is 79.5 Å². The van der Waals surface area contributed by atoms with Gasteiger partial charge in [-0.2, -0.15) is 27.0 Å². The number of likely N-dealkylation sites (N-methyl/N-ethyl adjacent to an activating group) is 1. The maximum absolute atomic E-state index is 13.3. The molecule has 0 saturated heterocycles. The number of methoxy groups -OCH3 is 2. The summed E-state index contributed by atoms with van der Waals surface area (Å²) < 4.78 is 33.3. The van der Waals surface area contributed by atoms with Gasteiger partial charge in [0, 0.05) is 54.5 Å². The number of rotatable bonds is 19. The molecule has 0 bridgehead atoms. The van der Waals surface area contributed by atoms with Gasteiger partial charge in [0.15, 0.2) is 0 Å². The number of ether oxygens (including phenoxy) is 4. The number of carbonyl (C=O) groups excluding carboxylic acids is 5. The number of nitrogens with zero attached hydrogens (tertiary/aromatic N) is 3. The highest BCUT2D eigenvalue weighted by molar-refractivity contribution is 7.59. The van der Waals surface area contributed by atoms with E-state index in [1.54, 1.807) is 31.6 Å². The summed E-state index contributed by atoms with van der Waals surface area (Å²) in [4.78, 5) is 69.9. The van der Waals surface area contributed by atoms with Gasteiger partial charge in [0.05, 0.1) is 26.9 Å². The first-order valence-electron chi connectivity index (χ1n) is 20.3. The first-order chi connectivity index (χ1) is 29.9. The number of pyridine rings is 2. The first kappa shape index (κ1) is 54.5. The third-order valence-corrected chi connectivity index (χ3v) is 10.4. The summed E-state index contributed by atoms with van der Waals surface area (Å²) in [5.74, 6) is -0.203. The van der Waals surface area contributed by atoms with Crippen molar-refractivity contribution in [2.24, 2.45) is 5.92 Å². The second-order valence-electron chi connectivity index (χ2n) is 14.4. The molecule has 5 aromatic rings. The molecular formula is C46H57ClFN5O9S2. The van der Waals surface area contributed by atoms with Crippen LogP contribution in [0.15, 0.2) is 91.3 Å². The number of hydrogen-bond acceptors (Lipinski definition) is 11. The molecule has 3 amide bonds. The lowest BCUT2D eigenvalue weighted by atomic mass is 10.0. The fourth-order valence-corrected chi connectivity index (χ4v) is 6.57. The number of amides is 3. The summed E-state index contributed by atoms with van der Waals surface area (Å²) in [6, 6.07) is 22.5. The first-order valence-corrected chi connectivity index (χ1v) is 20.7. The molecule has 0 fully saturated rings. The van der Waals surface area contributed by atoms with Gasteiger partial charge in [-0.05, 0) is 78.6 Å². The number of esters is 2. The molecule has 0 spiro atoms. The molecule has 2 atom stereocenters. The van der Waals surface area contributed by atoms with E-state index in [0.717, 1.165) is 40.8 Å². The number of fused-ring (bicyclic) bond motifs is 2. The van der Waals surface area contributed by atoms with Crippen LogP contribution in [-0.2, 0) is 39.8 Å². The second-order valence-corrected chi connectivity index (χ2v) is 14.8. The lowest BCUT2D eigenvalue weighted by Gasteiger charge is -2.28. The maximum atomic E-state index is 13.3. The molecule has 0 aliphatic rings. The molecule has 0 aliphatic carbocycles. The molecule has 14 nitrogen and oxygen atoms in total. The number of nitrogens with one attached hydrogen (secondary N) is 2. The van der Waals surface area contributed by atoms with Gasteiger partial charge in [0.25, 0.3) is 0 Å². The molecule has 3 aromatic carbocycles. The Kier molecular flexibility index (Phi) is 24.6. The number of aryl methyl sites for hydroxylation is 1. The van der Waals surface area contributed by atoms with Crippen LogP contribution in [0, 0.1) is 11.7 Å². The summed E-state index contributed by atoms with van der Waals surface area (Å²) >= 11 is 6.07. The third-order valence-electron chi connectivity index (χ3n) is 10.1. The number of benzene rings is 3. The molecule has 2 heterocycles. The van der Waals surface area contributed by atoms with Crippen molar-refractivity contribution >= 4 is 102 Å². The molecule has 0 unspecified atom stereocenters. The van der Waals surface area contributed by atoms with Crippen molar-refractivity contribution < 1.29 is 47.3 Å². The molecular weight excluding hydrogens is 885 g/mol. The Balaban J connectivity index is 0.000000457. The van der Waals surface area contributed by atoms with Crippen molar-refractivity contribution in [3.05, 3.63) is 108 Å². The van der Waals surface area contributed by atoms with Gasteiger partial charge in [0.2, 0.25) is 5.91 Å². The van der Waals surface area contributed by atoms with E-state index in [2.05, 4.69) is 30.1 Å². The van der Waals surface area contributed by atoms with Crippen molar-refractivity contribution in [1.29, 1.82) is 0 Å². The molecule has 2 aromatic heterocycles. The van der Waals surface area contributed by atoms with Gasteiger partial charge in [0.1, 0.15) is 24.1 Å². The molecule has 64 heavy (non-hydrogen) atoms. The van der Waals surface area contributed by atoms with Crippen LogP contribution < -0.4 is 10.6 Å². The molecule has 0 saturated carbocycles. The predicted molar refractivity (Wildman–Crippen MR) is 256 cm³/mol. The van der Waals surface area contributed by atoms with E-state index >= 15 is 0 Å². The van der Waals surface area contributed by atoms with Crippen molar-refractivity contribution in [1.82, 2.24) is 14.9 Å². The zero-order valence-corrected chi connectivity index (χ0v) is 39.1. The number of carbonyl (C=O) groups is 5. The summed E-state index contributed by atoms with van der Waals surface area (Å²) in [5, 5.41) is 9.38. The van der Waals surface area contributed by atoms with Crippen LogP contribution in [0.4, 0.5) is 25.6 Å². The van der Waals surface area contributed by atoms with E-state index in [1.165, 1.54) is 31.3 Å². The van der Waals surface area contributed by atoms with Crippen LogP contribution in [0.2, 0.25) is 5.02 Å². The summed E-state index contributed by atoms with van der Waals surface area (Å²) in [7, 11) is 4.31. The zero-order valence-electron chi connectivity index (χ0n) is 36.4. The smallest absolute Gasteiger partial charge is 0.412 e. The van der Waals surface area contributed by atoms with Crippen molar-refractivity contribution in [3.8, 4) is 0 Å². The average molecular weight is 943 g/mol. The number of aromatic nitrogens is 2. The van der Waals surface area contributed by atoms with E-state index in [9.17, 15) is 28.4 Å².